The van der Waals surface area contributed by atoms with Crippen LogP contribution in [-0.4, -0.2) is 49.3 Å². The second-order valence-corrected chi connectivity index (χ2v) is 8.52. The molecule has 3 N–H and O–H groups in total. The minimum Gasteiger partial charge on any atom is -0.457 e. The van der Waals surface area contributed by atoms with Crippen molar-refractivity contribution < 1.29 is 33.3 Å². The van der Waals surface area contributed by atoms with Gasteiger partial charge in [-0.05, 0) is 38.1 Å². The number of carbonyl (C=O) groups is 1. The van der Waals surface area contributed by atoms with Crippen LogP contribution in [0.4, 0.5) is 5.69 Å². The molecule has 1 heterocycles. The van der Waals surface area contributed by atoms with E-state index < -0.39 is 36.3 Å². The monoisotopic (exact) mass is 485 g/mol. The van der Waals surface area contributed by atoms with Crippen molar-refractivity contribution >= 4 is 19.5 Å². The van der Waals surface area contributed by atoms with Crippen molar-refractivity contribution in [2.75, 3.05) is 13.6 Å². The molecule has 0 bridgehead atoms. The number of phosphoric acid groups is 1. The average molecular weight is 485 g/mol. The molecular weight excluding hydrogens is 457 g/mol. The first-order valence-corrected chi connectivity index (χ1v) is 11.9. The van der Waals surface area contributed by atoms with Crippen molar-refractivity contribution in [1.82, 2.24) is 20.3 Å². The summed E-state index contributed by atoms with van der Waals surface area (Å²) in [6.45, 7) is 2.87. The van der Waals surface area contributed by atoms with Crippen LogP contribution in [0.3, 0.4) is 0 Å². The zero-order valence-corrected chi connectivity index (χ0v) is 19.3. The first-order valence-electron chi connectivity index (χ1n) is 10.3. The minimum atomic E-state index is -5.00. The van der Waals surface area contributed by atoms with E-state index >= 15 is 0 Å². The molecular formula is C19H28N5O8P. The Morgan fingerprint density at radius 1 is 1.30 bits per heavy atom. The van der Waals surface area contributed by atoms with E-state index in [1.807, 2.05) is 7.05 Å². The first kappa shape index (κ1) is 26.4. The summed E-state index contributed by atoms with van der Waals surface area (Å²) in [5.74, 6) is -1.20. The molecule has 0 aliphatic rings. The molecule has 0 aliphatic heterocycles. The van der Waals surface area contributed by atoms with Gasteiger partial charge in [-0.15, -0.1) is 5.10 Å². The molecule has 0 saturated carbocycles. The van der Waals surface area contributed by atoms with E-state index in [2.05, 4.69) is 20.2 Å². The van der Waals surface area contributed by atoms with Gasteiger partial charge < -0.3 is 14.6 Å². The average Bonchev–Trinajstić information content (AvgIpc) is 3.16. The Morgan fingerprint density at radius 3 is 2.67 bits per heavy atom. The second-order valence-electron chi connectivity index (χ2n) is 7.36. The normalized spacial score (nSPS) is 12.4. The van der Waals surface area contributed by atoms with Crippen molar-refractivity contribution in [3.8, 4) is 5.75 Å². The summed E-state index contributed by atoms with van der Waals surface area (Å²) >= 11 is 0. The van der Waals surface area contributed by atoms with E-state index in [0.717, 1.165) is 44.4 Å². The number of nitro groups is 1. The number of unbranched alkanes of at least 4 members (excludes halogenated alkanes) is 3. The third-order valence-electron chi connectivity index (χ3n) is 4.62. The summed E-state index contributed by atoms with van der Waals surface area (Å²) in [6, 6.07) is 3.43. The van der Waals surface area contributed by atoms with E-state index in [-0.39, 0.29) is 12.0 Å². The van der Waals surface area contributed by atoms with E-state index in [9.17, 15) is 19.5 Å². The molecule has 1 aromatic carbocycles. The lowest BCUT2D eigenvalue weighted by Crippen LogP contribution is -2.12. The number of rotatable bonds is 14. The van der Waals surface area contributed by atoms with Gasteiger partial charge in [0, 0.05) is 32.2 Å². The number of aryl methyl sites for hydroxylation is 1. The molecule has 13 nitrogen and oxygen atoms in total. The Bertz CT molecular complexity index is 992. The molecule has 0 spiro atoms. The highest BCUT2D eigenvalue weighted by atomic mass is 31.2. The molecule has 2 aromatic rings. The predicted octanol–water partition coefficient (Wildman–Crippen LogP) is 2.28. The lowest BCUT2D eigenvalue weighted by molar-refractivity contribution is -0.385. The third kappa shape index (κ3) is 9.26. The van der Waals surface area contributed by atoms with Gasteiger partial charge in [-0.1, -0.05) is 24.1 Å². The zero-order valence-electron chi connectivity index (χ0n) is 18.4. The van der Waals surface area contributed by atoms with Gasteiger partial charge in [-0.25, -0.2) is 4.57 Å². The standard InChI is InChI=1S/C19H28N5O8P/c1-14(25)31-19(12-16-13-23(22-21-16)10-6-4-3-5-9-20-2)15-7-8-18(32-33(28,29)30)17(11-15)24(26)27/h7-8,11,13,19-20H,3-6,9-10,12H2,1-2H3,(H2,28,29,30). The molecule has 2 rings (SSSR count). The van der Waals surface area contributed by atoms with Crippen LogP contribution in [0.5, 0.6) is 5.75 Å². The molecule has 0 fully saturated rings. The summed E-state index contributed by atoms with van der Waals surface area (Å²) < 4.78 is 22.5. The Morgan fingerprint density at radius 2 is 2.03 bits per heavy atom. The van der Waals surface area contributed by atoms with Crippen molar-refractivity contribution in [3.63, 3.8) is 0 Å². The molecule has 0 saturated heterocycles. The molecule has 33 heavy (non-hydrogen) atoms. The molecule has 182 valence electrons. The molecule has 0 radical (unpaired) electrons. The summed E-state index contributed by atoms with van der Waals surface area (Å²) in [5, 5.41) is 22.7. The molecule has 1 aromatic heterocycles. The zero-order chi connectivity index (χ0) is 24.4. The number of nitrogens with zero attached hydrogens (tertiary/aromatic N) is 4. The van der Waals surface area contributed by atoms with Gasteiger partial charge in [0.25, 0.3) is 0 Å². The highest BCUT2D eigenvalue weighted by molar-refractivity contribution is 7.46. The molecule has 1 atom stereocenters. The number of aromatic nitrogens is 3. The van der Waals surface area contributed by atoms with Gasteiger partial charge in [0.05, 0.1) is 10.6 Å². The van der Waals surface area contributed by atoms with Crippen molar-refractivity contribution in [1.29, 1.82) is 0 Å². The molecule has 0 amide bonds. The summed E-state index contributed by atoms with van der Waals surface area (Å²) in [7, 11) is -3.08. The van der Waals surface area contributed by atoms with E-state index in [4.69, 9.17) is 14.5 Å². The lowest BCUT2D eigenvalue weighted by atomic mass is 10.0. The van der Waals surface area contributed by atoms with E-state index in [1.165, 1.54) is 13.0 Å². The number of hydrogen-bond acceptors (Lipinski definition) is 9. The number of ether oxygens (including phenoxy) is 1. The maximum absolute atomic E-state index is 11.6. The van der Waals surface area contributed by atoms with Crippen LogP contribution in [0.25, 0.3) is 0 Å². The fraction of sp³-hybridized carbons (Fsp3) is 0.526. The van der Waals surface area contributed by atoms with Crippen molar-refractivity contribution in [2.45, 2.75) is 51.7 Å². The second kappa shape index (κ2) is 12.4. The number of benzene rings is 1. The fourth-order valence-electron chi connectivity index (χ4n) is 3.17. The van der Waals surface area contributed by atoms with Crippen LogP contribution >= 0.6 is 7.82 Å². The highest BCUT2D eigenvalue weighted by Crippen LogP contribution is 2.42. The number of nitro benzene ring substituents is 1. The number of nitrogens with one attached hydrogen (secondary N) is 1. The highest BCUT2D eigenvalue weighted by Gasteiger charge is 2.27. The minimum absolute atomic E-state index is 0.109. The Labute approximate surface area is 190 Å². The topological polar surface area (TPSA) is 179 Å². The van der Waals surface area contributed by atoms with Crippen LogP contribution in [0, 0.1) is 10.1 Å². The Balaban J connectivity index is 2.13. The van der Waals surface area contributed by atoms with E-state index in [1.54, 1.807) is 10.9 Å². The van der Waals surface area contributed by atoms with Gasteiger partial charge in [-0.2, -0.15) is 0 Å². The molecule has 0 aliphatic carbocycles. The number of esters is 1. The van der Waals surface area contributed by atoms with Gasteiger partial charge in [0.15, 0.2) is 0 Å². The van der Waals surface area contributed by atoms with Crippen LogP contribution in [0.15, 0.2) is 24.4 Å². The van der Waals surface area contributed by atoms with Crippen LogP contribution in [0.2, 0.25) is 0 Å². The molecule has 1 unspecified atom stereocenters. The van der Waals surface area contributed by atoms with Gasteiger partial charge in [-0.3, -0.25) is 29.4 Å². The van der Waals surface area contributed by atoms with Crippen LogP contribution < -0.4 is 9.84 Å². The number of carbonyl (C=O) groups excluding carboxylic acids is 1. The SMILES string of the molecule is CNCCCCCCn1cc(CC(OC(C)=O)c2ccc(OP(=O)(O)O)c([N+](=O)[O-])c2)nn1. The van der Waals surface area contributed by atoms with Crippen LogP contribution in [0.1, 0.15) is 50.0 Å². The summed E-state index contributed by atoms with van der Waals surface area (Å²) in [5.41, 5.74) is 0.0959. The van der Waals surface area contributed by atoms with E-state index in [0.29, 0.717) is 12.2 Å². The maximum atomic E-state index is 11.6. The largest absolute Gasteiger partial charge is 0.525 e. The first-order chi connectivity index (χ1) is 15.6. The Kier molecular flexibility index (Phi) is 9.92. The third-order valence-corrected chi connectivity index (χ3v) is 5.06. The number of phosphoric ester groups is 1. The van der Waals surface area contributed by atoms with Crippen molar-refractivity contribution in [2.24, 2.45) is 0 Å². The quantitative estimate of drug-likeness (QED) is 0.117. The fourth-order valence-corrected chi connectivity index (χ4v) is 3.58. The Hall–Kier alpha value is -2.86. The van der Waals surface area contributed by atoms with Gasteiger partial charge >= 0.3 is 19.5 Å². The summed E-state index contributed by atoms with van der Waals surface area (Å²) in [6.07, 6.45) is 5.12. The lowest BCUT2D eigenvalue weighted by Gasteiger charge is -2.17. The van der Waals surface area contributed by atoms with Crippen molar-refractivity contribution in [3.05, 3.63) is 45.8 Å². The summed E-state index contributed by atoms with van der Waals surface area (Å²) in [4.78, 5) is 40.1. The van der Waals surface area contributed by atoms with Crippen LogP contribution in [-0.2, 0) is 27.1 Å². The van der Waals surface area contributed by atoms with Gasteiger partial charge in [0.2, 0.25) is 5.75 Å². The van der Waals surface area contributed by atoms with Gasteiger partial charge in [0.1, 0.15) is 6.10 Å². The smallest absolute Gasteiger partial charge is 0.457 e. The maximum Gasteiger partial charge on any atom is 0.525 e. The number of hydrogen-bond donors (Lipinski definition) is 3. The molecule has 14 heteroatoms. The predicted molar refractivity (Wildman–Crippen MR) is 116 cm³/mol.